The van der Waals surface area contributed by atoms with Gasteiger partial charge < -0.3 is 14.8 Å². The second-order valence-electron chi connectivity index (χ2n) is 5.25. The molecular weight excluding hydrogens is 313 g/mol. The number of nitrogens with one attached hydrogen (secondary N) is 1. The number of aryl methyl sites for hydroxylation is 2. The second-order valence-corrected chi connectivity index (χ2v) is 5.25. The van der Waals surface area contributed by atoms with Gasteiger partial charge in [-0.1, -0.05) is 12.1 Å². The Kier molecular flexibility index (Phi) is 5.89. The highest BCUT2D eigenvalue weighted by Crippen LogP contribution is 2.16. The number of hydrogen-bond acceptors (Lipinski definition) is 4. The van der Waals surface area contributed by atoms with Crippen LogP contribution in [0.2, 0.25) is 0 Å². The molecule has 0 saturated carbocycles. The number of hydrogen-bond donors (Lipinski definition) is 1. The second kappa shape index (κ2) is 8.10. The van der Waals surface area contributed by atoms with E-state index in [0.717, 1.165) is 11.1 Å². The normalized spacial score (nSPS) is 10.1. The number of carbonyl (C=O) groups excluding carboxylic acids is 2. The molecule has 0 saturated heterocycles. The Morgan fingerprint density at radius 1 is 1.04 bits per heavy atom. The van der Waals surface area contributed by atoms with E-state index in [1.165, 1.54) is 24.3 Å². The lowest BCUT2D eigenvalue weighted by atomic mass is 10.1. The maximum absolute atomic E-state index is 13.0. The van der Waals surface area contributed by atoms with E-state index in [2.05, 4.69) is 5.32 Å². The molecule has 1 N–H and O–H groups in total. The summed E-state index contributed by atoms with van der Waals surface area (Å²) in [5.74, 6) is -1.13. The summed E-state index contributed by atoms with van der Waals surface area (Å²) >= 11 is 0. The molecular formula is C18H18FNO4. The van der Waals surface area contributed by atoms with Crippen LogP contribution in [0.15, 0.2) is 42.5 Å². The fourth-order valence-electron chi connectivity index (χ4n) is 1.90. The van der Waals surface area contributed by atoms with Gasteiger partial charge in [0.2, 0.25) is 0 Å². The zero-order chi connectivity index (χ0) is 17.5. The summed E-state index contributed by atoms with van der Waals surface area (Å²) in [6.07, 6.45) is 0. The minimum Gasteiger partial charge on any atom is -0.482 e. The first kappa shape index (κ1) is 17.5. The SMILES string of the molecule is Cc1ccc(OCC(=O)OCC(=O)Nc2cccc(F)c2)cc1C. The van der Waals surface area contributed by atoms with E-state index in [1.807, 2.05) is 26.0 Å². The highest BCUT2D eigenvalue weighted by molar-refractivity contribution is 5.92. The van der Waals surface area contributed by atoms with Crippen LogP contribution in [0.5, 0.6) is 5.75 Å². The molecule has 2 rings (SSSR count). The van der Waals surface area contributed by atoms with Crippen LogP contribution < -0.4 is 10.1 Å². The van der Waals surface area contributed by atoms with E-state index in [4.69, 9.17) is 9.47 Å². The molecule has 0 atom stereocenters. The van der Waals surface area contributed by atoms with Crippen molar-refractivity contribution in [1.29, 1.82) is 0 Å². The van der Waals surface area contributed by atoms with E-state index in [9.17, 15) is 14.0 Å². The summed E-state index contributed by atoms with van der Waals surface area (Å²) in [4.78, 5) is 23.2. The van der Waals surface area contributed by atoms with Crippen LogP contribution >= 0.6 is 0 Å². The van der Waals surface area contributed by atoms with Gasteiger partial charge in [-0.05, 0) is 55.3 Å². The Morgan fingerprint density at radius 2 is 1.83 bits per heavy atom. The highest BCUT2D eigenvalue weighted by Gasteiger charge is 2.09. The fraction of sp³-hybridized carbons (Fsp3) is 0.222. The Balaban J connectivity index is 1.74. The maximum atomic E-state index is 13.0. The van der Waals surface area contributed by atoms with E-state index < -0.39 is 24.3 Å². The van der Waals surface area contributed by atoms with Crippen molar-refractivity contribution in [3.05, 3.63) is 59.4 Å². The predicted molar refractivity (Wildman–Crippen MR) is 87.4 cm³/mol. The van der Waals surface area contributed by atoms with Crippen molar-refractivity contribution in [3.63, 3.8) is 0 Å². The van der Waals surface area contributed by atoms with Gasteiger partial charge in [0.15, 0.2) is 13.2 Å². The van der Waals surface area contributed by atoms with Gasteiger partial charge in [0.05, 0.1) is 0 Å². The predicted octanol–water partition coefficient (Wildman–Crippen LogP) is 3.00. The van der Waals surface area contributed by atoms with Gasteiger partial charge in [-0.2, -0.15) is 0 Å². The summed E-state index contributed by atoms with van der Waals surface area (Å²) < 4.78 is 23.1. The topological polar surface area (TPSA) is 64.6 Å². The van der Waals surface area contributed by atoms with Crippen molar-refractivity contribution in [2.45, 2.75) is 13.8 Å². The van der Waals surface area contributed by atoms with Gasteiger partial charge in [-0.15, -0.1) is 0 Å². The molecule has 0 heterocycles. The Hall–Kier alpha value is -2.89. The van der Waals surface area contributed by atoms with Crippen LogP contribution in [0.1, 0.15) is 11.1 Å². The Morgan fingerprint density at radius 3 is 2.54 bits per heavy atom. The van der Waals surface area contributed by atoms with Gasteiger partial charge in [0.25, 0.3) is 5.91 Å². The summed E-state index contributed by atoms with van der Waals surface area (Å²) in [5, 5.41) is 2.43. The molecule has 0 aliphatic rings. The van der Waals surface area contributed by atoms with Crippen molar-refractivity contribution in [3.8, 4) is 5.75 Å². The molecule has 2 aromatic carbocycles. The van der Waals surface area contributed by atoms with Gasteiger partial charge >= 0.3 is 5.97 Å². The smallest absolute Gasteiger partial charge is 0.344 e. The third kappa shape index (κ3) is 5.39. The number of esters is 1. The number of ether oxygens (including phenoxy) is 2. The van der Waals surface area contributed by atoms with Crippen molar-refractivity contribution in [1.82, 2.24) is 0 Å². The molecule has 0 unspecified atom stereocenters. The maximum Gasteiger partial charge on any atom is 0.344 e. The monoisotopic (exact) mass is 331 g/mol. The minimum absolute atomic E-state index is 0.294. The quantitative estimate of drug-likeness (QED) is 0.827. The Labute approximate surface area is 139 Å². The zero-order valence-corrected chi connectivity index (χ0v) is 13.5. The summed E-state index contributed by atoms with van der Waals surface area (Å²) in [5.41, 5.74) is 2.47. The van der Waals surface area contributed by atoms with Crippen LogP contribution in [-0.2, 0) is 14.3 Å². The molecule has 1 amide bonds. The zero-order valence-electron chi connectivity index (χ0n) is 13.5. The summed E-state index contributed by atoms with van der Waals surface area (Å²) in [6.45, 7) is 3.16. The average Bonchev–Trinajstić information content (AvgIpc) is 2.54. The lowest BCUT2D eigenvalue weighted by Crippen LogP contribution is -2.23. The lowest BCUT2D eigenvalue weighted by Gasteiger charge is -2.09. The summed E-state index contributed by atoms with van der Waals surface area (Å²) in [7, 11) is 0. The first-order valence-corrected chi connectivity index (χ1v) is 7.35. The third-order valence-electron chi connectivity index (χ3n) is 3.31. The third-order valence-corrected chi connectivity index (χ3v) is 3.31. The van der Waals surface area contributed by atoms with Crippen molar-refractivity contribution in [2.75, 3.05) is 18.5 Å². The van der Waals surface area contributed by atoms with Crippen molar-refractivity contribution >= 4 is 17.6 Å². The van der Waals surface area contributed by atoms with Crippen LogP contribution in [0.4, 0.5) is 10.1 Å². The van der Waals surface area contributed by atoms with E-state index in [0.29, 0.717) is 11.4 Å². The molecule has 5 nitrogen and oxygen atoms in total. The molecule has 0 bridgehead atoms. The van der Waals surface area contributed by atoms with Crippen molar-refractivity contribution < 1.29 is 23.5 Å². The molecule has 0 fully saturated rings. The molecule has 0 aliphatic carbocycles. The van der Waals surface area contributed by atoms with Crippen LogP contribution in [0.3, 0.4) is 0 Å². The number of carbonyl (C=O) groups is 2. The Bertz CT molecular complexity index is 746. The van der Waals surface area contributed by atoms with Gasteiger partial charge in [-0.25, -0.2) is 9.18 Å². The van der Waals surface area contributed by atoms with E-state index in [-0.39, 0.29) is 6.61 Å². The molecule has 6 heteroatoms. The molecule has 0 aliphatic heterocycles. The minimum atomic E-state index is -0.664. The van der Waals surface area contributed by atoms with Gasteiger partial charge in [-0.3, -0.25) is 4.79 Å². The van der Waals surface area contributed by atoms with Crippen LogP contribution in [-0.4, -0.2) is 25.1 Å². The lowest BCUT2D eigenvalue weighted by molar-refractivity contribution is -0.149. The number of anilines is 1. The first-order chi connectivity index (χ1) is 11.4. The first-order valence-electron chi connectivity index (χ1n) is 7.35. The summed E-state index contributed by atoms with van der Waals surface area (Å²) in [6, 6.07) is 10.9. The fourth-order valence-corrected chi connectivity index (χ4v) is 1.90. The van der Waals surface area contributed by atoms with E-state index in [1.54, 1.807) is 6.07 Å². The number of halogens is 1. The molecule has 2 aromatic rings. The molecule has 0 radical (unpaired) electrons. The highest BCUT2D eigenvalue weighted by atomic mass is 19.1. The largest absolute Gasteiger partial charge is 0.482 e. The number of rotatable bonds is 6. The standard InChI is InChI=1S/C18H18FNO4/c1-12-6-7-16(8-13(12)2)23-11-18(22)24-10-17(21)20-15-5-3-4-14(19)9-15/h3-9H,10-11H2,1-2H3,(H,20,21). The molecule has 0 spiro atoms. The van der Waals surface area contributed by atoms with Crippen LogP contribution in [0.25, 0.3) is 0 Å². The van der Waals surface area contributed by atoms with E-state index >= 15 is 0 Å². The average molecular weight is 331 g/mol. The molecule has 24 heavy (non-hydrogen) atoms. The number of amides is 1. The van der Waals surface area contributed by atoms with Crippen molar-refractivity contribution in [2.24, 2.45) is 0 Å². The van der Waals surface area contributed by atoms with Gasteiger partial charge in [0, 0.05) is 5.69 Å². The molecule has 126 valence electrons. The molecule has 0 aromatic heterocycles. The van der Waals surface area contributed by atoms with Gasteiger partial charge in [0.1, 0.15) is 11.6 Å². The van der Waals surface area contributed by atoms with Crippen LogP contribution in [0, 0.1) is 19.7 Å². The number of benzene rings is 2.